The van der Waals surface area contributed by atoms with Gasteiger partial charge in [0.2, 0.25) is 5.91 Å². The molecule has 0 saturated heterocycles. The maximum absolute atomic E-state index is 11.7. The zero-order valence-electron chi connectivity index (χ0n) is 11.3. The number of likely N-dealkylation sites (N-methyl/N-ethyl adjacent to an activating group) is 1. The number of benzene rings is 1. The number of nitrogens with one attached hydrogen (secondary N) is 1. The number of hydrogen-bond acceptors (Lipinski definition) is 3. The Morgan fingerprint density at radius 3 is 2.78 bits per heavy atom. The molecule has 2 N–H and O–H groups in total. The van der Waals surface area contributed by atoms with Crippen molar-refractivity contribution in [2.24, 2.45) is 0 Å². The average Bonchev–Trinajstić information content (AvgIpc) is 2.29. The molecular weight excluding hydrogens is 228 g/mol. The molecular formula is C14H22N2O2. The van der Waals surface area contributed by atoms with Gasteiger partial charge in [-0.1, -0.05) is 26.0 Å². The third kappa shape index (κ3) is 4.85. The van der Waals surface area contributed by atoms with Crippen LogP contribution < -0.4 is 5.32 Å². The van der Waals surface area contributed by atoms with Gasteiger partial charge in [0.15, 0.2) is 0 Å². The Hall–Kier alpha value is -1.39. The van der Waals surface area contributed by atoms with Gasteiger partial charge in [0, 0.05) is 12.2 Å². The summed E-state index contributed by atoms with van der Waals surface area (Å²) in [6, 6.07) is 7.88. The highest BCUT2D eigenvalue weighted by molar-refractivity contribution is 5.92. The number of amides is 1. The molecule has 0 aliphatic carbocycles. The van der Waals surface area contributed by atoms with Crippen LogP contribution in [0.15, 0.2) is 24.3 Å². The third-order valence-corrected chi connectivity index (χ3v) is 2.73. The SMILES string of the molecule is CC(C)c1cccc(NC(=O)CN(C)CCO)c1. The summed E-state index contributed by atoms with van der Waals surface area (Å²) in [4.78, 5) is 13.5. The quantitative estimate of drug-likeness (QED) is 0.807. The van der Waals surface area contributed by atoms with E-state index >= 15 is 0 Å². The molecule has 0 aliphatic rings. The van der Waals surface area contributed by atoms with E-state index in [1.807, 2.05) is 18.2 Å². The monoisotopic (exact) mass is 250 g/mol. The van der Waals surface area contributed by atoms with Crippen LogP contribution in [0.3, 0.4) is 0 Å². The number of rotatable bonds is 6. The minimum atomic E-state index is -0.0631. The van der Waals surface area contributed by atoms with Crippen LogP contribution in [0.1, 0.15) is 25.3 Å². The van der Waals surface area contributed by atoms with E-state index in [9.17, 15) is 4.79 Å². The molecule has 0 fully saturated rings. The molecule has 0 atom stereocenters. The Kier molecular flexibility index (Phi) is 5.82. The second-order valence-electron chi connectivity index (χ2n) is 4.79. The van der Waals surface area contributed by atoms with Crippen LogP contribution in [0, 0.1) is 0 Å². The lowest BCUT2D eigenvalue weighted by molar-refractivity contribution is -0.117. The fourth-order valence-corrected chi connectivity index (χ4v) is 1.67. The first-order chi connectivity index (χ1) is 8.52. The molecule has 0 bridgehead atoms. The number of hydrogen-bond donors (Lipinski definition) is 2. The van der Waals surface area contributed by atoms with Gasteiger partial charge in [-0.2, -0.15) is 0 Å². The van der Waals surface area contributed by atoms with Crippen molar-refractivity contribution in [2.75, 3.05) is 32.1 Å². The summed E-state index contributed by atoms with van der Waals surface area (Å²) in [5.41, 5.74) is 2.03. The molecule has 100 valence electrons. The fourth-order valence-electron chi connectivity index (χ4n) is 1.67. The van der Waals surface area contributed by atoms with Crippen LogP contribution in [0.5, 0.6) is 0 Å². The zero-order chi connectivity index (χ0) is 13.5. The molecule has 0 saturated carbocycles. The van der Waals surface area contributed by atoms with Gasteiger partial charge in [-0.25, -0.2) is 0 Å². The Labute approximate surface area is 109 Å². The molecule has 0 aliphatic heterocycles. The van der Waals surface area contributed by atoms with E-state index in [0.717, 1.165) is 5.69 Å². The molecule has 18 heavy (non-hydrogen) atoms. The van der Waals surface area contributed by atoms with Gasteiger partial charge in [0.1, 0.15) is 0 Å². The lowest BCUT2D eigenvalue weighted by Crippen LogP contribution is -2.32. The Balaban J connectivity index is 2.56. The maximum atomic E-state index is 11.7. The second kappa shape index (κ2) is 7.13. The van der Waals surface area contributed by atoms with Gasteiger partial charge in [-0.15, -0.1) is 0 Å². The first kappa shape index (κ1) is 14.7. The standard InChI is InChI=1S/C14H22N2O2/c1-11(2)12-5-4-6-13(9-12)15-14(18)10-16(3)7-8-17/h4-6,9,11,17H,7-8,10H2,1-3H3,(H,15,18). The Morgan fingerprint density at radius 1 is 1.44 bits per heavy atom. The third-order valence-electron chi connectivity index (χ3n) is 2.73. The number of carbonyl (C=O) groups is 1. The number of nitrogens with zero attached hydrogens (tertiary/aromatic N) is 1. The highest BCUT2D eigenvalue weighted by atomic mass is 16.3. The van der Waals surface area contributed by atoms with E-state index in [4.69, 9.17) is 5.11 Å². The van der Waals surface area contributed by atoms with E-state index in [1.54, 1.807) is 11.9 Å². The van der Waals surface area contributed by atoms with Crippen LogP contribution in [0.2, 0.25) is 0 Å². The van der Waals surface area contributed by atoms with Crippen molar-refractivity contribution in [3.05, 3.63) is 29.8 Å². The van der Waals surface area contributed by atoms with Crippen LogP contribution in [0.25, 0.3) is 0 Å². The predicted octanol–water partition coefficient (Wildman–Crippen LogP) is 1.67. The molecule has 4 heteroatoms. The van der Waals surface area contributed by atoms with Crippen molar-refractivity contribution in [1.82, 2.24) is 4.90 Å². The molecule has 1 aromatic carbocycles. The lowest BCUT2D eigenvalue weighted by Gasteiger charge is -2.15. The van der Waals surface area contributed by atoms with Gasteiger partial charge in [-0.3, -0.25) is 9.69 Å². The Morgan fingerprint density at radius 2 is 2.17 bits per heavy atom. The smallest absolute Gasteiger partial charge is 0.238 e. The first-order valence-corrected chi connectivity index (χ1v) is 6.22. The highest BCUT2D eigenvalue weighted by Crippen LogP contribution is 2.18. The number of anilines is 1. The van der Waals surface area contributed by atoms with Gasteiger partial charge >= 0.3 is 0 Å². The summed E-state index contributed by atoms with van der Waals surface area (Å²) < 4.78 is 0. The minimum Gasteiger partial charge on any atom is -0.395 e. The molecule has 4 nitrogen and oxygen atoms in total. The zero-order valence-corrected chi connectivity index (χ0v) is 11.3. The summed E-state index contributed by atoms with van der Waals surface area (Å²) in [5.74, 6) is 0.380. The molecule has 1 aromatic rings. The van der Waals surface area contributed by atoms with Gasteiger partial charge in [0.25, 0.3) is 0 Å². The van der Waals surface area contributed by atoms with Gasteiger partial charge in [0.05, 0.1) is 13.2 Å². The van der Waals surface area contributed by atoms with Crippen molar-refractivity contribution >= 4 is 11.6 Å². The molecule has 0 spiro atoms. The van der Waals surface area contributed by atoms with Crippen LogP contribution in [-0.2, 0) is 4.79 Å². The number of carbonyl (C=O) groups excluding carboxylic acids is 1. The molecule has 1 amide bonds. The normalized spacial score (nSPS) is 11.0. The van der Waals surface area contributed by atoms with Crippen molar-refractivity contribution < 1.29 is 9.90 Å². The molecule has 0 heterocycles. The first-order valence-electron chi connectivity index (χ1n) is 6.22. The van der Waals surface area contributed by atoms with Gasteiger partial charge < -0.3 is 10.4 Å². The Bertz CT molecular complexity index is 391. The number of aliphatic hydroxyl groups excluding tert-OH is 1. The summed E-state index contributed by atoms with van der Waals surface area (Å²) >= 11 is 0. The number of aliphatic hydroxyl groups is 1. The fraction of sp³-hybridized carbons (Fsp3) is 0.500. The lowest BCUT2D eigenvalue weighted by atomic mass is 10.0. The second-order valence-corrected chi connectivity index (χ2v) is 4.79. The molecule has 0 aromatic heterocycles. The van der Waals surface area contributed by atoms with Crippen LogP contribution >= 0.6 is 0 Å². The van der Waals surface area contributed by atoms with Crippen molar-refractivity contribution in [3.8, 4) is 0 Å². The van der Waals surface area contributed by atoms with E-state index < -0.39 is 0 Å². The molecule has 0 radical (unpaired) electrons. The van der Waals surface area contributed by atoms with E-state index in [2.05, 4.69) is 25.2 Å². The largest absolute Gasteiger partial charge is 0.395 e. The van der Waals surface area contributed by atoms with E-state index in [0.29, 0.717) is 12.5 Å². The summed E-state index contributed by atoms with van der Waals surface area (Å²) in [7, 11) is 1.81. The average molecular weight is 250 g/mol. The topological polar surface area (TPSA) is 52.6 Å². The molecule has 1 rings (SSSR count). The molecule has 0 unspecified atom stereocenters. The summed E-state index contributed by atoms with van der Waals surface area (Å²) in [6.07, 6.45) is 0. The van der Waals surface area contributed by atoms with Crippen LogP contribution in [-0.4, -0.2) is 42.7 Å². The minimum absolute atomic E-state index is 0.0621. The van der Waals surface area contributed by atoms with Crippen LogP contribution in [0.4, 0.5) is 5.69 Å². The summed E-state index contributed by atoms with van der Waals surface area (Å²) in [5, 5.41) is 11.6. The summed E-state index contributed by atoms with van der Waals surface area (Å²) in [6.45, 7) is 5.09. The van der Waals surface area contributed by atoms with E-state index in [-0.39, 0.29) is 19.1 Å². The van der Waals surface area contributed by atoms with Gasteiger partial charge in [-0.05, 0) is 30.7 Å². The van der Waals surface area contributed by atoms with E-state index in [1.165, 1.54) is 5.56 Å². The van der Waals surface area contributed by atoms with Crippen molar-refractivity contribution in [3.63, 3.8) is 0 Å². The maximum Gasteiger partial charge on any atom is 0.238 e. The van der Waals surface area contributed by atoms with Crippen molar-refractivity contribution in [2.45, 2.75) is 19.8 Å². The highest BCUT2D eigenvalue weighted by Gasteiger charge is 2.07. The van der Waals surface area contributed by atoms with Crippen molar-refractivity contribution in [1.29, 1.82) is 0 Å². The predicted molar refractivity (Wildman–Crippen MR) is 73.7 cm³/mol.